The first-order valence-electron chi connectivity index (χ1n) is 10.0. The lowest BCUT2D eigenvalue weighted by molar-refractivity contribution is -0.156. The number of phenols is 2. The van der Waals surface area contributed by atoms with E-state index in [-0.39, 0.29) is 12.0 Å². The van der Waals surface area contributed by atoms with Gasteiger partial charge in [0.25, 0.3) is 5.91 Å². The first-order chi connectivity index (χ1) is 15.3. The van der Waals surface area contributed by atoms with Gasteiger partial charge in [0.05, 0.1) is 13.0 Å². The second-order valence-corrected chi connectivity index (χ2v) is 11.1. The molecule has 4 rings (SSSR count). The van der Waals surface area contributed by atoms with Crippen molar-refractivity contribution in [3.05, 3.63) is 23.8 Å². The number of carboxylic acid groups (broad SMARTS) is 1. The molecule has 33 heavy (non-hydrogen) atoms. The molecule has 0 spiro atoms. The van der Waals surface area contributed by atoms with Crippen LogP contribution in [0.1, 0.15) is 36.5 Å². The predicted octanol–water partition coefficient (Wildman–Crippen LogP) is -0.801. The Morgan fingerprint density at radius 1 is 1.24 bits per heavy atom. The van der Waals surface area contributed by atoms with Crippen LogP contribution in [0.15, 0.2) is 23.2 Å². The molecule has 176 valence electrons. The van der Waals surface area contributed by atoms with Gasteiger partial charge in [-0.3, -0.25) is 19.4 Å². The van der Waals surface area contributed by atoms with Crippen LogP contribution in [0.25, 0.3) is 0 Å². The van der Waals surface area contributed by atoms with E-state index in [9.17, 15) is 42.9 Å². The Bertz CT molecular complexity index is 1220. The fourth-order valence-electron chi connectivity index (χ4n) is 4.22. The number of nitrogens with zero attached hydrogens (tertiary/aromatic N) is 2. The number of nitrogens with one attached hydrogen (secondary N) is 1. The van der Waals surface area contributed by atoms with Gasteiger partial charge in [0.2, 0.25) is 5.91 Å². The Morgan fingerprint density at radius 3 is 2.45 bits per heavy atom. The molecule has 0 aromatic heterocycles. The van der Waals surface area contributed by atoms with Crippen LogP contribution in [-0.2, 0) is 24.2 Å². The number of β-lactam (4-membered cyclic amide) rings is 1. The zero-order valence-corrected chi connectivity index (χ0v) is 18.2. The van der Waals surface area contributed by atoms with Crippen LogP contribution in [-0.4, -0.2) is 86.7 Å². The minimum atomic E-state index is -4.09. The van der Waals surface area contributed by atoms with E-state index in [0.717, 1.165) is 30.2 Å². The Morgan fingerprint density at radius 2 is 1.91 bits per heavy atom. The summed E-state index contributed by atoms with van der Waals surface area (Å²) in [6.07, 6.45) is 1.26. The summed E-state index contributed by atoms with van der Waals surface area (Å²) in [6.45, 7) is 0.657. The molecule has 1 aromatic carbocycles. The second-order valence-electron chi connectivity index (χ2n) is 8.56. The Kier molecular flexibility index (Phi) is 5.00. The number of phenolic OH excluding ortho intramolecular Hbond substituents is 2. The maximum Gasteiger partial charge on any atom is 0.328 e. The van der Waals surface area contributed by atoms with E-state index in [4.69, 9.17) is 0 Å². The second kappa shape index (κ2) is 7.27. The molecule has 2 saturated heterocycles. The molecular formula is C20H21N3O9S. The summed E-state index contributed by atoms with van der Waals surface area (Å²) in [5, 5.41) is 29.8. The highest BCUT2D eigenvalue weighted by Gasteiger charge is 2.69. The number of aliphatic carboxylic acids is 1. The van der Waals surface area contributed by atoms with E-state index in [1.807, 2.05) is 0 Å². The summed E-state index contributed by atoms with van der Waals surface area (Å²) in [7, 11) is -4.09. The van der Waals surface area contributed by atoms with Gasteiger partial charge in [-0.15, -0.1) is 0 Å². The van der Waals surface area contributed by atoms with Crippen LogP contribution >= 0.6 is 0 Å². The predicted molar refractivity (Wildman–Crippen MR) is 112 cm³/mol. The number of sulfone groups is 1. The van der Waals surface area contributed by atoms with Crippen molar-refractivity contribution in [3.8, 4) is 11.5 Å². The maximum absolute atomic E-state index is 12.8. The van der Waals surface area contributed by atoms with Crippen molar-refractivity contribution in [2.75, 3.05) is 6.54 Å². The molecule has 0 bridgehead atoms. The molecule has 0 radical (unpaired) electrons. The summed E-state index contributed by atoms with van der Waals surface area (Å²) < 4.78 is 23.7. The standard InChI is InChI=1S/C20H21N3O9S/c1-19(16(18(29)30)23-14(27)7-15(23)33(19,31)32)9-21-8-13(26)20(4-5-20)22-17(28)10-2-3-11(24)12(25)6-10/h2-3,6,9,15-16,24-25H,4-5,7-8H2,1H3,(H,22,28)(H,29,30)/t15-,16+,19+/m1/s1. The lowest BCUT2D eigenvalue weighted by atomic mass is 9.97. The summed E-state index contributed by atoms with van der Waals surface area (Å²) >= 11 is 0. The average molecular weight is 479 g/mol. The topological polar surface area (TPSA) is 191 Å². The fourth-order valence-corrected chi connectivity index (χ4v) is 6.45. The molecule has 2 heterocycles. The van der Waals surface area contributed by atoms with Crippen LogP contribution in [0.3, 0.4) is 0 Å². The van der Waals surface area contributed by atoms with Gasteiger partial charge in [-0.05, 0) is 38.0 Å². The van der Waals surface area contributed by atoms with Gasteiger partial charge in [-0.2, -0.15) is 0 Å². The van der Waals surface area contributed by atoms with Crippen molar-refractivity contribution in [1.29, 1.82) is 0 Å². The minimum Gasteiger partial charge on any atom is -0.504 e. The lowest BCUT2D eigenvalue weighted by Gasteiger charge is -2.35. The monoisotopic (exact) mass is 479 g/mol. The maximum atomic E-state index is 12.8. The third-order valence-electron chi connectivity index (χ3n) is 6.43. The number of carbonyl (C=O) groups excluding carboxylic acids is 3. The summed E-state index contributed by atoms with van der Waals surface area (Å²) in [4.78, 5) is 53.4. The number of carbonyl (C=O) groups is 4. The van der Waals surface area contributed by atoms with Gasteiger partial charge in [0.15, 0.2) is 33.2 Å². The Balaban J connectivity index is 1.48. The number of fused-ring (bicyclic) bond motifs is 1. The molecular weight excluding hydrogens is 458 g/mol. The van der Waals surface area contributed by atoms with Gasteiger partial charge in [0, 0.05) is 11.8 Å². The van der Waals surface area contributed by atoms with Gasteiger partial charge < -0.3 is 25.5 Å². The quantitative estimate of drug-likeness (QED) is 0.220. The number of hydrogen-bond acceptors (Lipinski definition) is 9. The van der Waals surface area contributed by atoms with E-state index in [1.165, 1.54) is 6.07 Å². The zero-order chi connectivity index (χ0) is 24.3. The highest BCUT2D eigenvalue weighted by molar-refractivity contribution is 7.94. The molecule has 1 aromatic rings. The number of carboxylic acids is 1. The number of benzene rings is 1. The minimum absolute atomic E-state index is 0.0240. The summed E-state index contributed by atoms with van der Waals surface area (Å²) in [5.41, 5.74) is -1.18. The van der Waals surface area contributed by atoms with E-state index in [0.29, 0.717) is 12.8 Å². The molecule has 4 N–H and O–H groups in total. The first kappa shape index (κ1) is 22.7. The highest BCUT2D eigenvalue weighted by atomic mass is 32.2. The number of rotatable bonds is 7. The molecule has 2 aliphatic heterocycles. The number of hydrogen-bond donors (Lipinski definition) is 4. The van der Waals surface area contributed by atoms with Crippen molar-refractivity contribution in [1.82, 2.24) is 10.2 Å². The number of aromatic hydroxyl groups is 2. The van der Waals surface area contributed by atoms with Crippen molar-refractivity contribution in [2.24, 2.45) is 4.99 Å². The third-order valence-corrected chi connectivity index (χ3v) is 9.10. The summed E-state index contributed by atoms with van der Waals surface area (Å²) in [5.74, 6) is -4.12. The number of aliphatic imine (C=N–C) groups is 1. The van der Waals surface area contributed by atoms with Crippen LogP contribution in [0, 0.1) is 0 Å². The van der Waals surface area contributed by atoms with E-state index in [2.05, 4.69) is 10.3 Å². The molecule has 1 saturated carbocycles. The van der Waals surface area contributed by atoms with E-state index < -0.39 is 73.1 Å². The molecule has 2 amide bonds. The smallest absolute Gasteiger partial charge is 0.328 e. The van der Waals surface area contributed by atoms with Crippen LogP contribution in [0.4, 0.5) is 0 Å². The number of Topliss-reactive ketones (excluding diaryl/α,β-unsaturated/α-hetero) is 1. The van der Waals surface area contributed by atoms with Crippen molar-refractivity contribution < 1.29 is 42.9 Å². The van der Waals surface area contributed by atoms with Crippen molar-refractivity contribution in [3.63, 3.8) is 0 Å². The summed E-state index contributed by atoms with van der Waals surface area (Å²) in [6, 6.07) is 1.80. The van der Waals surface area contributed by atoms with Crippen LogP contribution < -0.4 is 5.32 Å². The van der Waals surface area contributed by atoms with Gasteiger partial charge in [-0.25, -0.2) is 13.2 Å². The first-order valence-corrected chi connectivity index (χ1v) is 11.5. The SMILES string of the molecule is C[C@]1(C=NCC(=O)C2(NC(=O)c3ccc(O)c(O)c3)CC2)[C@H](C(=O)O)N2C(=O)C[C@H]2S1(=O)=O. The number of ketones is 1. The third kappa shape index (κ3) is 3.34. The average Bonchev–Trinajstić information content (AvgIpc) is 3.49. The van der Waals surface area contributed by atoms with Gasteiger partial charge in [0.1, 0.15) is 15.7 Å². The molecule has 3 atom stereocenters. The normalized spacial score (nSPS) is 28.8. The highest BCUT2D eigenvalue weighted by Crippen LogP contribution is 2.45. The number of amides is 2. The largest absolute Gasteiger partial charge is 0.504 e. The van der Waals surface area contributed by atoms with Gasteiger partial charge >= 0.3 is 5.97 Å². The molecule has 1 aliphatic carbocycles. The molecule has 3 aliphatic rings. The van der Waals surface area contributed by atoms with Crippen molar-refractivity contribution >= 4 is 39.6 Å². The molecule has 0 unspecified atom stereocenters. The van der Waals surface area contributed by atoms with E-state index >= 15 is 0 Å². The molecule has 12 nitrogen and oxygen atoms in total. The Hall–Kier alpha value is -3.48. The molecule has 3 fully saturated rings. The van der Waals surface area contributed by atoms with Crippen LogP contribution in [0.5, 0.6) is 11.5 Å². The molecule has 13 heteroatoms. The van der Waals surface area contributed by atoms with E-state index in [1.54, 1.807) is 0 Å². The van der Waals surface area contributed by atoms with Gasteiger partial charge in [-0.1, -0.05) is 0 Å². The fraction of sp³-hybridized carbons (Fsp3) is 0.450. The van der Waals surface area contributed by atoms with Crippen LogP contribution in [0.2, 0.25) is 0 Å². The lowest BCUT2D eigenvalue weighted by Crippen LogP contribution is -2.57. The van der Waals surface area contributed by atoms with Crippen molar-refractivity contribution in [2.45, 2.75) is 47.9 Å². The Labute approximate surface area is 187 Å². The zero-order valence-electron chi connectivity index (χ0n) is 17.4.